The Morgan fingerprint density at radius 1 is 1.27 bits per heavy atom. The highest BCUT2D eigenvalue weighted by Crippen LogP contribution is 1.99. The Morgan fingerprint density at radius 2 is 1.73 bits per heavy atom. The highest BCUT2D eigenvalue weighted by atomic mass is 32.2. The lowest BCUT2D eigenvalue weighted by atomic mass is 11.1. The van der Waals surface area contributed by atoms with E-state index in [-0.39, 0.29) is 6.73 Å². The van der Waals surface area contributed by atoms with Crippen LogP contribution < -0.4 is 0 Å². The number of ether oxygens (including phenoxy) is 1. The summed E-state index contributed by atoms with van der Waals surface area (Å²) in [6.45, 7) is 0.0700. The van der Waals surface area contributed by atoms with Crippen molar-refractivity contribution in [3.63, 3.8) is 0 Å². The van der Waals surface area contributed by atoms with Crippen molar-refractivity contribution in [2.75, 3.05) is 35.0 Å². The van der Waals surface area contributed by atoms with Crippen LogP contribution in [0, 0.1) is 0 Å². The number of hydrogen-bond acceptors (Lipinski definition) is 3. The first-order valence-electron chi connectivity index (χ1n) is 3.05. The molecule has 0 saturated carbocycles. The molecule has 0 aliphatic carbocycles. The van der Waals surface area contributed by atoms with E-state index < -0.39 is 10.2 Å². The van der Waals surface area contributed by atoms with Crippen LogP contribution in [0.15, 0.2) is 0 Å². The van der Waals surface area contributed by atoms with Gasteiger partial charge in [0.25, 0.3) is 10.2 Å². The second-order valence-corrected chi connectivity index (χ2v) is 4.56. The van der Waals surface area contributed by atoms with Crippen molar-refractivity contribution >= 4 is 10.2 Å². The molecule has 0 heterocycles. The molecule has 0 rings (SSSR count). The third-order valence-corrected chi connectivity index (χ3v) is 2.98. The predicted octanol–water partition coefficient (Wildman–Crippen LogP) is -0.671. The van der Waals surface area contributed by atoms with E-state index in [2.05, 4.69) is 4.74 Å². The fourth-order valence-corrected chi connectivity index (χ4v) is 1.32. The summed E-state index contributed by atoms with van der Waals surface area (Å²) in [5.74, 6) is 0. The van der Waals surface area contributed by atoms with Crippen LogP contribution in [0.3, 0.4) is 0 Å². The van der Waals surface area contributed by atoms with Crippen molar-refractivity contribution in [2.45, 2.75) is 0 Å². The normalized spacial score (nSPS) is 12.9. The fourth-order valence-electron chi connectivity index (χ4n) is 0.527. The fraction of sp³-hybridized carbons (Fsp3) is 1.00. The van der Waals surface area contributed by atoms with Gasteiger partial charge in [0.2, 0.25) is 0 Å². The maximum atomic E-state index is 11.2. The molecule has 0 atom stereocenters. The zero-order chi connectivity index (χ0) is 9.07. The maximum absolute atomic E-state index is 11.2. The molecule has 0 N–H and O–H groups in total. The van der Waals surface area contributed by atoms with E-state index in [9.17, 15) is 8.42 Å². The molecule has 6 heteroatoms. The van der Waals surface area contributed by atoms with E-state index in [0.717, 1.165) is 8.61 Å². The molecule has 0 aliphatic rings. The highest BCUT2D eigenvalue weighted by Gasteiger charge is 2.19. The Kier molecular flexibility index (Phi) is 3.95. The Hall–Kier alpha value is -0.170. The van der Waals surface area contributed by atoms with Crippen LogP contribution in [0.2, 0.25) is 0 Å². The molecule has 0 fully saturated rings. The summed E-state index contributed by atoms with van der Waals surface area (Å²) in [6.07, 6.45) is 0. The van der Waals surface area contributed by atoms with Crippen molar-refractivity contribution in [2.24, 2.45) is 0 Å². The maximum Gasteiger partial charge on any atom is 0.283 e. The Balaban J connectivity index is 4.32. The molecule has 0 aromatic heterocycles. The van der Waals surface area contributed by atoms with Crippen LogP contribution in [0.25, 0.3) is 0 Å². The van der Waals surface area contributed by atoms with Crippen molar-refractivity contribution in [1.29, 1.82) is 0 Å². The average Bonchev–Trinajstić information content (AvgIpc) is 1.88. The second kappa shape index (κ2) is 4.01. The topological polar surface area (TPSA) is 49.9 Å². The zero-order valence-corrected chi connectivity index (χ0v) is 8.05. The molecule has 0 spiro atoms. The van der Waals surface area contributed by atoms with E-state index in [4.69, 9.17) is 0 Å². The van der Waals surface area contributed by atoms with Gasteiger partial charge in [-0.2, -0.15) is 17.0 Å². The minimum absolute atomic E-state index is 0.0700. The molecular formula is C5H14N2O3S. The van der Waals surface area contributed by atoms with E-state index in [0.29, 0.717) is 0 Å². The largest absolute Gasteiger partial charge is 0.368 e. The molecule has 0 saturated heterocycles. The standard InChI is InChI=1S/C5H14N2O3S/c1-6(2)11(8,9)7(3)5-10-4/h5H2,1-4H3. The average molecular weight is 182 g/mol. The molecule has 0 aromatic carbocycles. The Morgan fingerprint density at radius 3 is 2.00 bits per heavy atom. The van der Waals surface area contributed by atoms with Gasteiger partial charge in [-0.3, -0.25) is 0 Å². The van der Waals surface area contributed by atoms with Crippen LogP contribution in [-0.2, 0) is 14.9 Å². The molecule has 5 nitrogen and oxygen atoms in total. The SMILES string of the molecule is COCN(C)S(=O)(=O)N(C)C. The third kappa shape index (κ3) is 2.74. The van der Waals surface area contributed by atoms with Crippen LogP contribution in [0.4, 0.5) is 0 Å². The second-order valence-electron chi connectivity index (χ2n) is 2.31. The summed E-state index contributed by atoms with van der Waals surface area (Å²) in [4.78, 5) is 0. The third-order valence-electron chi connectivity index (χ3n) is 1.17. The molecule has 0 radical (unpaired) electrons. The molecule has 0 aliphatic heterocycles. The van der Waals surface area contributed by atoms with Crippen LogP contribution in [0.5, 0.6) is 0 Å². The van der Waals surface area contributed by atoms with Crippen molar-refractivity contribution < 1.29 is 13.2 Å². The van der Waals surface area contributed by atoms with E-state index >= 15 is 0 Å². The number of rotatable bonds is 4. The lowest BCUT2D eigenvalue weighted by molar-refractivity contribution is 0.127. The summed E-state index contributed by atoms with van der Waals surface area (Å²) in [5, 5.41) is 0. The lowest BCUT2D eigenvalue weighted by Crippen LogP contribution is -2.38. The number of methoxy groups -OCH3 is 1. The van der Waals surface area contributed by atoms with Crippen LogP contribution in [-0.4, -0.2) is 52.0 Å². The van der Waals surface area contributed by atoms with Gasteiger partial charge in [-0.25, -0.2) is 0 Å². The van der Waals surface area contributed by atoms with Crippen LogP contribution >= 0.6 is 0 Å². The monoisotopic (exact) mass is 182 g/mol. The van der Waals surface area contributed by atoms with Gasteiger partial charge in [-0.05, 0) is 0 Å². The van der Waals surface area contributed by atoms with E-state index in [1.165, 1.54) is 28.3 Å². The number of hydrogen-bond donors (Lipinski definition) is 0. The van der Waals surface area contributed by atoms with Gasteiger partial charge < -0.3 is 4.74 Å². The van der Waals surface area contributed by atoms with Gasteiger partial charge in [0.1, 0.15) is 6.73 Å². The molecule has 0 amide bonds. The zero-order valence-electron chi connectivity index (χ0n) is 7.23. The smallest absolute Gasteiger partial charge is 0.283 e. The van der Waals surface area contributed by atoms with Gasteiger partial charge in [0.15, 0.2) is 0 Å². The Bertz CT molecular complexity index is 200. The van der Waals surface area contributed by atoms with Gasteiger partial charge in [0.05, 0.1) is 0 Å². The minimum atomic E-state index is -3.30. The summed E-state index contributed by atoms with van der Waals surface area (Å²) >= 11 is 0. The summed E-state index contributed by atoms with van der Waals surface area (Å²) in [7, 11) is 2.55. The lowest BCUT2D eigenvalue weighted by Gasteiger charge is -2.19. The predicted molar refractivity (Wildman–Crippen MR) is 42.2 cm³/mol. The molecule has 11 heavy (non-hydrogen) atoms. The highest BCUT2D eigenvalue weighted by molar-refractivity contribution is 7.86. The van der Waals surface area contributed by atoms with Crippen LogP contribution in [0.1, 0.15) is 0 Å². The number of nitrogens with zero attached hydrogens (tertiary/aromatic N) is 2. The summed E-state index contributed by atoms with van der Waals surface area (Å²) < 4.78 is 29.3. The van der Waals surface area contributed by atoms with E-state index in [1.54, 1.807) is 0 Å². The quantitative estimate of drug-likeness (QED) is 0.542. The molecular weight excluding hydrogens is 168 g/mol. The first-order chi connectivity index (χ1) is 4.92. The summed E-state index contributed by atoms with van der Waals surface area (Å²) in [6, 6.07) is 0. The van der Waals surface area contributed by atoms with Gasteiger partial charge >= 0.3 is 0 Å². The molecule has 0 unspecified atom stereocenters. The molecule has 0 aromatic rings. The van der Waals surface area contributed by atoms with Crippen molar-refractivity contribution in [3.05, 3.63) is 0 Å². The minimum Gasteiger partial charge on any atom is -0.368 e. The van der Waals surface area contributed by atoms with Gasteiger partial charge in [-0.1, -0.05) is 0 Å². The molecule has 68 valence electrons. The van der Waals surface area contributed by atoms with Crippen molar-refractivity contribution in [3.8, 4) is 0 Å². The molecule has 0 bridgehead atoms. The summed E-state index contributed by atoms with van der Waals surface area (Å²) in [5.41, 5.74) is 0. The first-order valence-corrected chi connectivity index (χ1v) is 4.45. The Labute approximate surface area is 67.7 Å². The van der Waals surface area contributed by atoms with E-state index in [1.807, 2.05) is 0 Å². The van der Waals surface area contributed by atoms with Gasteiger partial charge in [0, 0.05) is 28.3 Å². The van der Waals surface area contributed by atoms with Gasteiger partial charge in [-0.15, -0.1) is 0 Å². The van der Waals surface area contributed by atoms with Crippen molar-refractivity contribution in [1.82, 2.24) is 8.61 Å². The first kappa shape index (κ1) is 10.8.